The molecule has 2 N–H and O–H groups in total. The molecule has 0 bridgehead atoms. The highest BCUT2D eigenvalue weighted by Gasteiger charge is 2.14. The van der Waals surface area contributed by atoms with Crippen molar-refractivity contribution in [3.63, 3.8) is 0 Å². The molecule has 8 nitrogen and oxygen atoms in total. The number of nitrogens with one attached hydrogen (secondary N) is 2. The van der Waals surface area contributed by atoms with Gasteiger partial charge in [0.2, 0.25) is 5.75 Å². The van der Waals surface area contributed by atoms with E-state index < -0.39 is 0 Å². The van der Waals surface area contributed by atoms with Gasteiger partial charge in [0.25, 0.3) is 5.91 Å². The van der Waals surface area contributed by atoms with Crippen molar-refractivity contribution in [2.75, 3.05) is 33.2 Å². The van der Waals surface area contributed by atoms with E-state index in [1.54, 1.807) is 39.5 Å². The Balaban J connectivity index is 2.23. The molecule has 0 radical (unpaired) electrons. The number of hydrogen-bond acceptors (Lipinski definition) is 7. The number of amides is 1. The third-order valence-corrected chi connectivity index (χ3v) is 3.51. The van der Waals surface area contributed by atoms with Gasteiger partial charge in [0.15, 0.2) is 11.5 Å². The largest absolute Gasteiger partial charge is 0.493 e. The van der Waals surface area contributed by atoms with Crippen LogP contribution >= 0.6 is 0 Å². The van der Waals surface area contributed by atoms with Crippen molar-refractivity contribution in [1.29, 1.82) is 0 Å². The van der Waals surface area contributed by atoms with Crippen LogP contribution in [0.3, 0.4) is 0 Å². The van der Waals surface area contributed by atoms with E-state index in [4.69, 9.17) is 14.2 Å². The Morgan fingerprint density at radius 2 is 1.69 bits per heavy atom. The lowest BCUT2D eigenvalue weighted by Crippen LogP contribution is -2.28. The Labute approximate surface area is 152 Å². The molecule has 1 aromatic heterocycles. The zero-order valence-electron chi connectivity index (χ0n) is 15.6. The minimum atomic E-state index is -0.242. The molecule has 0 saturated heterocycles. The maximum atomic E-state index is 12.2. The Morgan fingerprint density at radius 3 is 2.23 bits per heavy atom. The number of aromatic nitrogens is 2. The number of methoxy groups -OCH3 is 3. The summed E-state index contributed by atoms with van der Waals surface area (Å²) in [7, 11) is 4.63. The third-order valence-electron chi connectivity index (χ3n) is 3.51. The molecule has 1 aromatic carbocycles. The van der Waals surface area contributed by atoms with Crippen LogP contribution in [0.15, 0.2) is 24.5 Å². The van der Waals surface area contributed by atoms with Crippen LogP contribution in [-0.2, 0) is 0 Å². The fourth-order valence-corrected chi connectivity index (χ4v) is 2.24. The topological polar surface area (TPSA) is 94.6 Å². The van der Waals surface area contributed by atoms with Gasteiger partial charge in [-0.3, -0.25) is 4.79 Å². The highest BCUT2D eigenvalue weighted by molar-refractivity contribution is 5.93. The molecule has 0 aliphatic rings. The molecule has 0 unspecified atom stereocenters. The lowest BCUT2D eigenvalue weighted by Gasteiger charge is -2.15. The van der Waals surface area contributed by atoms with E-state index in [1.807, 2.05) is 13.8 Å². The van der Waals surface area contributed by atoms with E-state index >= 15 is 0 Å². The average molecular weight is 360 g/mol. The van der Waals surface area contributed by atoms with Crippen LogP contribution < -0.4 is 24.8 Å². The molecule has 26 heavy (non-hydrogen) atoms. The smallest absolute Gasteiger partial charge is 0.270 e. The highest BCUT2D eigenvalue weighted by atomic mass is 16.5. The van der Waals surface area contributed by atoms with Gasteiger partial charge in [0.1, 0.15) is 17.8 Å². The van der Waals surface area contributed by atoms with Crippen molar-refractivity contribution in [3.05, 3.63) is 30.2 Å². The fraction of sp³-hybridized carbons (Fsp3) is 0.389. The van der Waals surface area contributed by atoms with Gasteiger partial charge in [-0.05, 0) is 5.92 Å². The maximum Gasteiger partial charge on any atom is 0.270 e. The Hall–Kier alpha value is -3.03. The predicted molar refractivity (Wildman–Crippen MR) is 98.6 cm³/mol. The summed E-state index contributed by atoms with van der Waals surface area (Å²) < 4.78 is 16.0. The van der Waals surface area contributed by atoms with Crippen molar-refractivity contribution >= 4 is 17.4 Å². The van der Waals surface area contributed by atoms with Crippen LogP contribution in [0.1, 0.15) is 24.3 Å². The normalized spacial score (nSPS) is 10.4. The molecule has 2 rings (SSSR count). The van der Waals surface area contributed by atoms with Crippen molar-refractivity contribution in [1.82, 2.24) is 15.3 Å². The van der Waals surface area contributed by atoms with Crippen LogP contribution in [0.2, 0.25) is 0 Å². The summed E-state index contributed by atoms with van der Waals surface area (Å²) >= 11 is 0. The molecule has 1 heterocycles. The molecule has 0 atom stereocenters. The molecular formula is C18H24N4O4. The Morgan fingerprint density at radius 1 is 1.04 bits per heavy atom. The van der Waals surface area contributed by atoms with Gasteiger partial charge < -0.3 is 24.8 Å². The lowest BCUT2D eigenvalue weighted by molar-refractivity contribution is 0.0944. The van der Waals surface area contributed by atoms with Gasteiger partial charge in [0.05, 0.1) is 21.3 Å². The average Bonchev–Trinajstić information content (AvgIpc) is 2.65. The zero-order valence-corrected chi connectivity index (χ0v) is 15.6. The molecule has 0 saturated carbocycles. The Bertz CT molecular complexity index is 740. The number of rotatable bonds is 8. The van der Waals surface area contributed by atoms with E-state index in [1.165, 1.54) is 6.33 Å². The van der Waals surface area contributed by atoms with Crippen LogP contribution in [0.4, 0.5) is 11.5 Å². The van der Waals surface area contributed by atoms with Crippen LogP contribution in [0.5, 0.6) is 17.2 Å². The molecule has 0 aliphatic heterocycles. The van der Waals surface area contributed by atoms with Crippen LogP contribution in [-0.4, -0.2) is 43.7 Å². The van der Waals surface area contributed by atoms with Crippen LogP contribution in [0, 0.1) is 5.92 Å². The maximum absolute atomic E-state index is 12.2. The number of carbonyl (C=O) groups excluding carboxylic acids is 1. The highest BCUT2D eigenvalue weighted by Crippen LogP contribution is 2.40. The molecule has 1 amide bonds. The van der Waals surface area contributed by atoms with Crippen molar-refractivity contribution < 1.29 is 19.0 Å². The minimum absolute atomic E-state index is 0.242. The first-order valence-corrected chi connectivity index (χ1v) is 8.15. The SMILES string of the molecule is COc1cc(Nc2cc(C(=O)NCC(C)C)ncn2)cc(OC)c1OC. The number of ether oxygens (including phenoxy) is 3. The van der Waals surface area contributed by atoms with Gasteiger partial charge in [-0.2, -0.15) is 0 Å². The summed E-state index contributed by atoms with van der Waals surface area (Å²) in [6.45, 7) is 4.63. The molecule has 0 spiro atoms. The summed E-state index contributed by atoms with van der Waals surface area (Å²) in [5.74, 6) is 2.12. The quantitative estimate of drug-likeness (QED) is 0.747. The third kappa shape index (κ3) is 4.75. The van der Waals surface area contributed by atoms with Gasteiger partial charge in [-0.15, -0.1) is 0 Å². The summed E-state index contributed by atoms with van der Waals surface area (Å²) in [6, 6.07) is 5.09. The van der Waals surface area contributed by atoms with Crippen LogP contribution in [0.25, 0.3) is 0 Å². The van der Waals surface area contributed by atoms with Gasteiger partial charge >= 0.3 is 0 Å². The number of nitrogens with zero attached hydrogens (tertiary/aromatic N) is 2. The number of carbonyl (C=O) groups is 1. The van der Waals surface area contributed by atoms with Gasteiger partial charge in [-0.25, -0.2) is 9.97 Å². The predicted octanol–water partition coefficient (Wildman–Crippen LogP) is 2.63. The molecule has 140 valence electrons. The molecule has 0 aliphatic carbocycles. The van der Waals surface area contributed by atoms with Crippen molar-refractivity contribution in [3.8, 4) is 17.2 Å². The van der Waals surface area contributed by atoms with Gasteiger partial charge in [-0.1, -0.05) is 13.8 Å². The molecule has 2 aromatic rings. The van der Waals surface area contributed by atoms with Crippen molar-refractivity contribution in [2.24, 2.45) is 5.92 Å². The summed E-state index contributed by atoms with van der Waals surface area (Å²) in [4.78, 5) is 20.3. The monoisotopic (exact) mass is 360 g/mol. The van der Waals surface area contributed by atoms with E-state index in [-0.39, 0.29) is 11.6 Å². The van der Waals surface area contributed by atoms with Crippen molar-refractivity contribution in [2.45, 2.75) is 13.8 Å². The summed E-state index contributed by atoms with van der Waals surface area (Å²) in [5.41, 5.74) is 0.960. The van der Waals surface area contributed by atoms with E-state index in [9.17, 15) is 4.79 Å². The minimum Gasteiger partial charge on any atom is -0.493 e. The lowest BCUT2D eigenvalue weighted by atomic mass is 10.2. The number of hydrogen-bond donors (Lipinski definition) is 2. The first kappa shape index (κ1) is 19.3. The first-order valence-electron chi connectivity index (χ1n) is 8.15. The number of anilines is 2. The fourth-order valence-electron chi connectivity index (χ4n) is 2.24. The molecule has 8 heteroatoms. The number of benzene rings is 1. The molecular weight excluding hydrogens is 336 g/mol. The molecule has 0 fully saturated rings. The summed E-state index contributed by atoms with van der Waals surface area (Å²) in [5, 5.41) is 5.95. The second kappa shape index (κ2) is 8.89. The first-order chi connectivity index (χ1) is 12.5. The van der Waals surface area contributed by atoms with E-state index in [2.05, 4.69) is 20.6 Å². The second-order valence-corrected chi connectivity index (χ2v) is 5.93. The van der Waals surface area contributed by atoms with E-state index in [0.29, 0.717) is 41.2 Å². The second-order valence-electron chi connectivity index (χ2n) is 5.93. The Kier molecular flexibility index (Phi) is 6.60. The standard InChI is InChI=1S/C18H24N4O4/c1-11(2)9-19-18(23)13-8-16(21-10-20-13)22-12-6-14(24-3)17(26-5)15(7-12)25-4/h6-8,10-11H,9H2,1-5H3,(H,19,23)(H,20,21,22). The van der Waals surface area contributed by atoms with Gasteiger partial charge in [0, 0.05) is 30.4 Å². The van der Waals surface area contributed by atoms with E-state index in [0.717, 1.165) is 0 Å². The summed E-state index contributed by atoms with van der Waals surface area (Å²) in [6.07, 6.45) is 1.34. The zero-order chi connectivity index (χ0) is 19.1.